The normalized spacial score (nSPS) is 12.1. The summed E-state index contributed by atoms with van der Waals surface area (Å²) in [6.45, 7) is 3.26. The highest BCUT2D eigenvalue weighted by Crippen LogP contribution is 2.23. The Hall–Kier alpha value is -3.82. The van der Waals surface area contributed by atoms with E-state index in [0.29, 0.717) is 22.7 Å². The number of nitrogens with zero attached hydrogens (tertiary/aromatic N) is 4. The van der Waals surface area contributed by atoms with Crippen LogP contribution >= 0.6 is 0 Å². The number of hydrogen-bond acceptors (Lipinski definition) is 9. The van der Waals surface area contributed by atoms with E-state index in [4.69, 9.17) is 18.2 Å². The molecule has 1 unspecified atom stereocenters. The van der Waals surface area contributed by atoms with Gasteiger partial charge in [-0.25, -0.2) is 4.39 Å². The molecular weight excluding hydrogens is 395 g/mol. The third kappa shape index (κ3) is 4.27. The predicted molar refractivity (Wildman–Crippen MR) is 99.3 cm³/mol. The van der Waals surface area contributed by atoms with Crippen LogP contribution in [0.3, 0.4) is 0 Å². The van der Waals surface area contributed by atoms with Gasteiger partial charge in [-0.3, -0.25) is 4.79 Å². The maximum atomic E-state index is 13.7. The lowest BCUT2D eigenvalue weighted by molar-refractivity contribution is -0.149. The maximum Gasteiger partial charge on any atom is 0.307 e. The van der Waals surface area contributed by atoms with E-state index in [0.717, 1.165) is 0 Å². The number of carbonyl (C=O) groups excluding carboxylic acids is 1. The standard InChI is InChI=1S/C20H17FN4O5/c1-11-5-6-13(10-14(11)21)18-23-20(30-24-18)12(2)28-17(26)8-7-16-22-19(25-29-16)15-4-3-9-27-15/h3-6,9-10,12H,7-8H2,1-2H3. The van der Waals surface area contributed by atoms with Crippen LogP contribution in [-0.2, 0) is 16.0 Å². The van der Waals surface area contributed by atoms with Crippen molar-refractivity contribution >= 4 is 5.97 Å². The number of ether oxygens (including phenoxy) is 1. The van der Waals surface area contributed by atoms with Crippen LogP contribution in [0.2, 0.25) is 0 Å². The Morgan fingerprint density at radius 3 is 2.77 bits per heavy atom. The summed E-state index contributed by atoms with van der Waals surface area (Å²) in [4.78, 5) is 20.5. The fourth-order valence-corrected chi connectivity index (χ4v) is 2.63. The van der Waals surface area contributed by atoms with E-state index in [1.807, 2.05) is 0 Å². The number of hydrogen-bond donors (Lipinski definition) is 0. The SMILES string of the molecule is Cc1ccc(-c2noc(C(C)OC(=O)CCc3nc(-c4ccco4)no3)n2)cc1F. The van der Waals surface area contributed by atoms with E-state index in [2.05, 4.69) is 20.3 Å². The van der Waals surface area contributed by atoms with Crippen molar-refractivity contribution in [2.45, 2.75) is 32.8 Å². The largest absolute Gasteiger partial charge is 0.461 e. The van der Waals surface area contributed by atoms with Gasteiger partial charge < -0.3 is 18.2 Å². The average molecular weight is 412 g/mol. The number of rotatable bonds is 7. The average Bonchev–Trinajstić information content (AvgIpc) is 3.48. The molecule has 0 fully saturated rings. The van der Waals surface area contributed by atoms with Gasteiger partial charge >= 0.3 is 5.97 Å². The minimum Gasteiger partial charge on any atom is -0.461 e. The number of aromatic nitrogens is 4. The molecule has 0 aliphatic rings. The lowest BCUT2D eigenvalue weighted by atomic mass is 10.1. The first-order chi connectivity index (χ1) is 14.5. The number of benzene rings is 1. The summed E-state index contributed by atoms with van der Waals surface area (Å²) in [5.41, 5.74) is 0.984. The van der Waals surface area contributed by atoms with Crippen LogP contribution in [0.4, 0.5) is 4.39 Å². The summed E-state index contributed by atoms with van der Waals surface area (Å²) in [5.74, 6) is 0.522. The lowest BCUT2D eigenvalue weighted by Crippen LogP contribution is -2.10. The van der Waals surface area contributed by atoms with Gasteiger partial charge in [0.2, 0.25) is 17.5 Å². The molecule has 4 rings (SSSR count). The molecule has 4 aromatic rings. The van der Waals surface area contributed by atoms with Crippen LogP contribution in [-0.4, -0.2) is 26.3 Å². The van der Waals surface area contributed by atoms with E-state index >= 15 is 0 Å². The summed E-state index contributed by atoms with van der Waals surface area (Å²) >= 11 is 0. The smallest absolute Gasteiger partial charge is 0.307 e. The summed E-state index contributed by atoms with van der Waals surface area (Å²) in [7, 11) is 0. The highest BCUT2D eigenvalue weighted by atomic mass is 19.1. The van der Waals surface area contributed by atoms with Crippen molar-refractivity contribution < 1.29 is 27.4 Å². The fraction of sp³-hybridized carbons (Fsp3) is 0.250. The van der Waals surface area contributed by atoms with Crippen molar-refractivity contribution in [1.82, 2.24) is 20.3 Å². The molecule has 154 valence electrons. The molecule has 0 saturated carbocycles. The van der Waals surface area contributed by atoms with E-state index in [9.17, 15) is 9.18 Å². The molecule has 10 heteroatoms. The zero-order chi connectivity index (χ0) is 21.1. The van der Waals surface area contributed by atoms with E-state index in [1.54, 1.807) is 38.1 Å². The fourth-order valence-electron chi connectivity index (χ4n) is 2.63. The first-order valence-electron chi connectivity index (χ1n) is 9.15. The number of halogens is 1. The molecule has 0 N–H and O–H groups in total. The number of esters is 1. The minimum absolute atomic E-state index is 0.0221. The van der Waals surface area contributed by atoms with Gasteiger partial charge in [0.1, 0.15) is 5.82 Å². The molecule has 30 heavy (non-hydrogen) atoms. The van der Waals surface area contributed by atoms with E-state index < -0.39 is 12.1 Å². The maximum absolute atomic E-state index is 13.7. The number of aryl methyl sites for hydroxylation is 2. The summed E-state index contributed by atoms with van der Waals surface area (Å²) < 4.78 is 34.5. The molecule has 0 spiro atoms. The van der Waals surface area contributed by atoms with Crippen LogP contribution in [0.15, 0.2) is 50.1 Å². The molecule has 1 atom stereocenters. The molecule has 1 aromatic carbocycles. The van der Waals surface area contributed by atoms with Gasteiger partial charge in [0.15, 0.2) is 11.9 Å². The Kier molecular flexibility index (Phi) is 5.38. The highest BCUT2D eigenvalue weighted by Gasteiger charge is 2.20. The van der Waals surface area contributed by atoms with Crippen molar-refractivity contribution in [3.05, 3.63) is 59.8 Å². The Morgan fingerprint density at radius 1 is 1.17 bits per heavy atom. The lowest BCUT2D eigenvalue weighted by Gasteiger charge is -2.08. The molecule has 0 amide bonds. The Morgan fingerprint density at radius 2 is 2.00 bits per heavy atom. The first kappa shape index (κ1) is 19.5. The molecule has 0 radical (unpaired) electrons. The predicted octanol–water partition coefficient (Wildman–Crippen LogP) is 4.06. The number of carbonyl (C=O) groups is 1. The van der Waals surface area contributed by atoms with Crippen LogP contribution in [0.1, 0.15) is 36.8 Å². The van der Waals surface area contributed by atoms with Crippen molar-refractivity contribution in [2.24, 2.45) is 0 Å². The second-order valence-corrected chi connectivity index (χ2v) is 6.54. The van der Waals surface area contributed by atoms with Gasteiger partial charge in [-0.15, -0.1) is 0 Å². The van der Waals surface area contributed by atoms with Gasteiger partial charge in [-0.05, 0) is 37.6 Å². The molecule has 9 nitrogen and oxygen atoms in total. The van der Waals surface area contributed by atoms with E-state index in [-0.39, 0.29) is 36.3 Å². The topological polar surface area (TPSA) is 117 Å². The van der Waals surface area contributed by atoms with Crippen molar-refractivity contribution in [2.75, 3.05) is 0 Å². The Balaban J connectivity index is 1.32. The van der Waals surface area contributed by atoms with Gasteiger partial charge in [0.05, 0.1) is 12.7 Å². The van der Waals surface area contributed by atoms with Gasteiger partial charge in [-0.2, -0.15) is 9.97 Å². The Bertz CT molecular complexity index is 1150. The molecule has 3 aromatic heterocycles. The summed E-state index contributed by atoms with van der Waals surface area (Å²) in [6, 6.07) is 8.04. The molecular formula is C20H17FN4O5. The zero-order valence-corrected chi connectivity index (χ0v) is 16.2. The van der Waals surface area contributed by atoms with Crippen molar-refractivity contribution in [3.63, 3.8) is 0 Å². The molecule has 0 aliphatic carbocycles. The monoisotopic (exact) mass is 412 g/mol. The molecule has 0 saturated heterocycles. The van der Waals surface area contributed by atoms with Crippen molar-refractivity contribution in [1.29, 1.82) is 0 Å². The second kappa shape index (κ2) is 8.27. The zero-order valence-electron chi connectivity index (χ0n) is 16.2. The van der Waals surface area contributed by atoms with Gasteiger partial charge in [0, 0.05) is 12.0 Å². The highest BCUT2D eigenvalue weighted by molar-refractivity contribution is 5.69. The summed E-state index contributed by atoms with van der Waals surface area (Å²) in [5, 5.41) is 7.62. The molecule has 0 bridgehead atoms. The van der Waals surface area contributed by atoms with Crippen LogP contribution in [0.5, 0.6) is 0 Å². The first-order valence-corrected chi connectivity index (χ1v) is 9.15. The third-order valence-corrected chi connectivity index (χ3v) is 4.28. The molecule has 3 heterocycles. The van der Waals surface area contributed by atoms with Gasteiger partial charge in [-0.1, -0.05) is 22.4 Å². The van der Waals surface area contributed by atoms with Crippen LogP contribution in [0.25, 0.3) is 23.0 Å². The van der Waals surface area contributed by atoms with Gasteiger partial charge in [0.25, 0.3) is 5.89 Å². The second-order valence-electron chi connectivity index (χ2n) is 6.54. The number of furan rings is 1. The summed E-state index contributed by atoms with van der Waals surface area (Å²) in [6.07, 6.45) is 0.962. The Labute approximate surface area is 169 Å². The quantitative estimate of drug-likeness (QED) is 0.414. The minimum atomic E-state index is -0.768. The van der Waals surface area contributed by atoms with Crippen LogP contribution in [0, 0.1) is 12.7 Å². The van der Waals surface area contributed by atoms with Crippen LogP contribution < -0.4 is 0 Å². The van der Waals surface area contributed by atoms with E-state index in [1.165, 1.54) is 12.3 Å². The molecule has 0 aliphatic heterocycles. The third-order valence-electron chi connectivity index (χ3n) is 4.28. The van der Waals surface area contributed by atoms with Crippen molar-refractivity contribution in [3.8, 4) is 23.0 Å².